The fourth-order valence-electron chi connectivity index (χ4n) is 2.65. The highest BCUT2D eigenvalue weighted by Crippen LogP contribution is 2.26. The lowest BCUT2D eigenvalue weighted by Crippen LogP contribution is -2.30. The molecule has 1 amide bonds. The van der Waals surface area contributed by atoms with E-state index in [1.165, 1.54) is 6.42 Å². The molecule has 0 aromatic heterocycles. The molecule has 0 heterocycles. The van der Waals surface area contributed by atoms with Crippen LogP contribution in [-0.2, 0) is 9.53 Å². The van der Waals surface area contributed by atoms with Gasteiger partial charge in [-0.3, -0.25) is 4.79 Å². The Kier molecular flexibility index (Phi) is 5.49. The van der Waals surface area contributed by atoms with E-state index in [0.29, 0.717) is 5.92 Å². The third-order valence-electron chi connectivity index (χ3n) is 3.95. The summed E-state index contributed by atoms with van der Waals surface area (Å²) in [7, 11) is 0. The number of carbonyl (C=O) groups is 2. The number of benzene rings is 1. The molecule has 0 radical (unpaired) electrons. The molecule has 1 fully saturated rings. The lowest BCUT2D eigenvalue weighted by atomic mass is 9.88. The molecule has 2 rings (SSSR count). The first kappa shape index (κ1) is 16.4. The Balaban J connectivity index is 1.91. The Morgan fingerprint density at radius 1 is 1.36 bits per heavy atom. The van der Waals surface area contributed by atoms with Crippen LogP contribution in [0, 0.1) is 11.7 Å². The second-order valence-corrected chi connectivity index (χ2v) is 5.66. The van der Waals surface area contributed by atoms with Crippen molar-refractivity contribution in [1.29, 1.82) is 0 Å². The van der Waals surface area contributed by atoms with Gasteiger partial charge in [-0.15, -0.1) is 0 Å². The summed E-state index contributed by atoms with van der Waals surface area (Å²) in [6.45, 7) is 1.93. The van der Waals surface area contributed by atoms with Crippen molar-refractivity contribution in [2.75, 3.05) is 11.9 Å². The first-order valence-corrected chi connectivity index (χ1v) is 7.41. The maximum Gasteiger partial charge on any atom is 0.335 e. The summed E-state index contributed by atoms with van der Waals surface area (Å²) < 4.78 is 19.2. The van der Waals surface area contributed by atoms with Crippen molar-refractivity contribution >= 4 is 17.6 Å². The van der Waals surface area contributed by atoms with Crippen molar-refractivity contribution in [1.82, 2.24) is 0 Å². The molecule has 0 bridgehead atoms. The lowest BCUT2D eigenvalue weighted by molar-refractivity contribution is -0.124. The standard InChI is InChI=1S/C16H20FNO4/c1-10-4-2-3-5-14(10)22-9-15(19)18-13-8-11(16(20)21)6-7-12(13)17/h6-8,10,14H,2-5,9H2,1H3,(H,18,19)(H,20,21). The number of carboxylic acids is 1. The zero-order valence-corrected chi connectivity index (χ0v) is 12.5. The van der Waals surface area contributed by atoms with Crippen LogP contribution in [0.4, 0.5) is 10.1 Å². The van der Waals surface area contributed by atoms with Crippen molar-refractivity contribution in [2.45, 2.75) is 38.7 Å². The predicted octanol–water partition coefficient (Wildman–Crippen LogP) is 3.06. The molecular formula is C16H20FNO4. The van der Waals surface area contributed by atoms with Gasteiger partial charge in [0, 0.05) is 0 Å². The summed E-state index contributed by atoms with van der Waals surface area (Å²) in [6.07, 6.45) is 4.33. The van der Waals surface area contributed by atoms with Crippen LogP contribution in [0.5, 0.6) is 0 Å². The number of halogens is 1. The zero-order chi connectivity index (χ0) is 16.1. The van der Waals surface area contributed by atoms with Gasteiger partial charge in [0.25, 0.3) is 0 Å². The highest BCUT2D eigenvalue weighted by atomic mass is 19.1. The molecule has 1 aromatic carbocycles. The molecule has 1 aliphatic carbocycles. The Labute approximate surface area is 128 Å². The zero-order valence-electron chi connectivity index (χ0n) is 12.5. The average molecular weight is 309 g/mol. The normalized spacial score (nSPS) is 21.4. The van der Waals surface area contributed by atoms with E-state index in [1.54, 1.807) is 0 Å². The summed E-state index contributed by atoms with van der Waals surface area (Å²) in [5.41, 5.74) is -0.233. The molecule has 0 aliphatic heterocycles. The first-order chi connectivity index (χ1) is 10.5. The Morgan fingerprint density at radius 3 is 2.77 bits per heavy atom. The van der Waals surface area contributed by atoms with Crippen LogP contribution >= 0.6 is 0 Å². The number of carbonyl (C=O) groups excluding carboxylic acids is 1. The van der Waals surface area contributed by atoms with Crippen molar-refractivity contribution in [3.63, 3.8) is 0 Å². The Hall–Kier alpha value is -1.95. The number of carboxylic acid groups (broad SMARTS) is 1. The molecule has 2 N–H and O–H groups in total. The van der Waals surface area contributed by atoms with Gasteiger partial charge in [-0.1, -0.05) is 19.8 Å². The molecule has 1 aromatic rings. The van der Waals surface area contributed by atoms with Crippen molar-refractivity contribution in [3.8, 4) is 0 Å². The van der Waals surface area contributed by atoms with Crippen molar-refractivity contribution in [2.24, 2.45) is 5.92 Å². The van der Waals surface area contributed by atoms with E-state index in [9.17, 15) is 14.0 Å². The minimum atomic E-state index is -1.18. The first-order valence-electron chi connectivity index (χ1n) is 7.41. The predicted molar refractivity (Wildman–Crippen MR) is 79.4 cm³/mol. The largest absolute Gasteiger partial charge is 0.478 e. The molecule has 0 saturated heterocycles. The molecule has 1 saturated carbocycles. The van der Waals surface area contributed by atoms with E-state index in [0.717, 1.165) is 37.5 Å². The average Bonchev–Trinajstić information content (AvgIpc) is 2.48. The Morgan fingerprint density at radius 2 is 2.09 bits per heavy atom. The molecule has 0 spiro atoms. The van der Waals surface area contributed by atoms with Crippen LogP contribution in [0.2, 0.25) is 0 Å². The van der Waals surface area contributed by atoms with Gasteiger partial charge in [-0.25, -0.2) is 9.18 Å². The van der Waals surface area contributed by atoms with Gasteiger partial charge in [0.2, 0.25) is 5.91 Å². The molecular weight excluding hydrogens is 289 g/mol. The Bertz CT molecular complexity index is 561. The molecule has 2 atom stereocenters. The number of ether oxygens (including phenoxy) is 1. The topological polar surface area (TPSA) is 75.6 Å². The SMILES string of the molecule is CC1CCCCC1OCC(=O)Nc1cc(C(=O)O)ccc1F. The number of nitrogens with one attached hydrogen (secondary N) is 1. The number of hydrogen-bond acceptors (Lipinski definition) is 3. The molecule has 22 heavy (non-hydrogen) atoms. The summed E-state index contributed by atoms with van der Waals surface area (Å²) in [5, 5.41) is 11.2. The molecule has 120 valence electrons. The number of anilines is 1. The van der Waals surface area contributed by atoms with Gasteiger partial charge >= 0.3 is 5.97 Å². The lowest BCUT2D eigenvalue weighted by Gasteiger charge is -2.28. The third-order valence-corrected chi connectivity index (χ3v) is 3.95. The van der Waals surface area contributed by atoms with E-state index in [4.69, 9.17) is 9.84 Å². The fraction of sp³-hybridized carbons (Fsp3) is 0.500. The van der Waals surface area contributed by atoms with Gasteiger partial charge in [-0.2, -0.15) is 0 Å². The summed E-state index contributed by atoms with van der Waals surface area (Å²) in [5.74, 6) is -1.93. The molecule has 2 unspecified atom stereocenters. The van der Waals surface area contributed by atoms with Crippen LogP contribution in [0.15, 0.2) is 18.2 Å². The van der Waals surface area contributed by atoms with Gasteiger partial charge in [0.05, 0.1) is 17.4 Å². The van der Waals surface area contributed by atoms with Crippen LogP contribution in [-0.4, -0.2) is 29.7 Å². The van der Waals surface area contributed by atoms with Gasteiger partial charge in [0.1, 0.15) is 12.4 Å². The fourth-order valence-corrected chi connectivity index (χ4v) is 2.65. The summed E-state index contributed by atoms with van der Waals surface area (Å²) in [6, 6.07) is 3.26. The summed E-state index contributed by atoms with van der Waals surface area (Å²) in [4.78, 5) is 22.7. The van der Waals surface area contributed by atoms with E-state index < -0.39 is 17.7 Å². The minimum absolute atomic E-state index is 0.0506. The van der Waals surface area contributed by atoms with Crippen molar-refractivity contribution < 1.29 is 23.8 Å². The molecule has 5 nitrogen and oxygen atoms in total. The maximum absolute atomic E-state index is 13.6. The highest BCUT2D eigenvalue weighted by Gasteiger charge is 2.22. The van der Waals surface area contributed by atoms with E-state index in [2.05, 4.69) is 12.2 Å². The van der Waals surface area contributed by atoms with Crippen LogP contribution in [0.1, 0.15) is 43.0 Å². The second kappa shape index (κ2) is 7.35. The van der Waals surface area contributed by atoms with Crippen LogP contribution in [0.25, 0.3) is 0 Å². The van der Waals surface area contributed by atoms with Gasteiger partial charge < -0.3 is 15.2 Å². The summed E-state index contributed by atoms with van der Waals surface area (Å²) >= 11 is 0. The van der Waals surface area contributed by atoms with Crippen LogP contribution < -0.4 is 5.32 Å². The van der Waals surface area contributed by atoms with Gasteiger partial charge in [-0.05, 0) is 37.0 Å². The maximum atomic E-state index is 13.6. The molecule has 6 heteroatoms. The number of rotatable bonds is 5. The highest BCUT2D eigenvalue weighted by molar-refractivity contribution is 5.94. The number of aromatic carboxylic acids is 1. The van der Waals surface area contributed by atoms with Gasteiger partial charge in [0.15, 0.2) is 0 Å². The monoisotopic (exact) mass is 309 g/mol. The number of amides is 1. The third kappa shape index (κ3) is 4.27. The quantitative estimate of drug-likeness (QED) is 0.876. The minimum Gasteiger partial charge on any atom is -0.478 e. The van der Waals surface area contributed by atoms with E-state index in [1.807, 2.05) is 0 Å². The smallest absolute Gasteiger partial charge is 0.335 e. The second-order valence-electron chi connectivity index (χ2n) is 5.66. The van der Waals surface area contributed by atoms with E-state index in [-0.39, 0.29) is 24.0 Å². The number of hydrogen-bond donors (Lipinski definition) is 2. The van der Waals surface area contributed by atoms with Crippen molar-refractivity contribution in [3.05, 3.63) is 29.6 Å². The van der Waals surface area contributed by atoms with Crippen LogP contribution in [0.3, 0.4) is 0 Å². The van der Waals surface area contributed by atoms with E-state index >= 15 is 0 Å². The molecule has 1 aliphatic rings.